The minimum absolute atomic E-state index is 0.118. The summed E-state index contributed by atoms with van der Waals surface area (Å²) in [5.41, 5.74) is -1.69. The van der Waals surface area contributed by atoms with Gasteiger partial charge in [-0.25, -0.2) is 17.5 Å². The van der Waals surface area contributed by atoms with Crippen LogP contribution >= 0.6 is 0 Å². The van der Waals surface area contributed by atoms with Crippen molar-refractivity contribution in [2.24, 2.45) is 0 Å². The van der Waals surface area contributed by atoms with E-state index in [-0.39, 0.29) is 17.7 Å². The van der Waals surface area contributed by atoms with E-state index in [1.54, 1.807) is 0 Å². The fourth-order valence-corrected chi connectivity index (χ4v) is 3.80. The maximum Gasteiger partial charge on any atom is 0.269 e. The normalized spacial score (nSPS) is 25.5. The molecule has 6 nitrogen and oxygen atoms in total. The zero-order valence-electron chi connectivity index (χ0n) is 13.2. The molecule has 23 heavy (non-hydrogen) atoms. The summed E-state index contributed by atoms with van der Waals surface area (Å²) in [6.07, 6.45) is 1.98. The van der Waals surface area contributed by atoms with Crippen LogP contribution in [-0.2, 0) is 15.7 Å². The number of benzene rings is 1. The Balaban J connectivity index is 2.33. The number of halogens is 1. The first-order chi connectivity index (χ1) is 10.7. The Morgan fingerprint density at radius 2 is 1.91 bits per heavy atom. The van der Waals surface area contributed by atoms with E-state index in [1.165, 1.54) is 38.1 Å². The second kappa shape index (κ2) is 6.52. The van der Waals surface area contributed by atoms with Crippen molar-refractivity contribution in [3.05, 3.63) is 39.9 Å². The summed E-state index contributed by atoms with van der Waals surface area (Å²) in [6.45, 7) is 3.08. The third kappa shape index (κ3) is 3.69. The molecule has 1 saturated carbocycles. The van der Waals surface area contributed by atoms with Gasteiger partial charge in [0.1, 0.15) is 0 Å². The first-order valence-electron chi connectivity index (χ1n) is 7.62. The van der Waals surface area contributed by atoms with Crippen LogP contribution in [0.4, 0.5) is 10.1 Å². The van der Waals surface area contributed by atoms with Gasteiger partial charge in [0.25, 0.3) is 5.69 Å². The lowest BCUT2D eigenvalue weighted by Gasteiger charge is -2.38. The van der Waals surface area contributed by atoms with E-state index < -0.39 is 31.9 Å². The minimum atomic E-state index is -3.60. The maximum atomic E-state index is 15.6. The number of nitrogens with one attached hydrogen (secondary N) is 1. The summed E-state index contributed by atoms with van der Waals surface area (Å²) in [6, 6.07) is 4.39. The van der Waals surface area contributed by atoms with Gasteiger partial charge >= 0.3 is 0 Å². The van der Waals surface area contributed by atoms with E-state index >= 15 is 4.39 Å². The van der Waals surface area contributed by atoms with Gasteiger partial charge in [0, 0.05) is 12.1 Å². The first kappa shape index (κ1) is 17.8. The highest BCUT2D eigenvalue weighted by atomic mass is 32.2. The molecule has 1 aromatic rings. The maximum absolute atomic E-state index is 15.6. The average molecular weight is 344 g/mol. The van der Waals surface area contributed by atoms with Crippen molar-refractivity contribution in [3.63, 3.8) is 0 Å². The van der Waals surface area contributed by atoms with Crippen molar-refractivity contribution < 1.29 is 17.7 Å². The van der Waals surface area contributed by atoms with E-state index in [4.69, 9.17) is 0 Å². The highest BCUT2D eigenvalue weighted by Crippen LogP contribution is 2.41. The monoisotopic (exact) mass is 344 g/mol. The Morgan fingerprint density at radius 3 is 2.43 bits per heavy atom. The van der Waals surface area contributed by atoms with E-state index in [2.05, 4.69) is 4.72 Å². The number of sulfonamides is 1. The standard InChI is InChI=1S/C15H21FN2O4S/c1-11(2)23(21,22)17-14-5-3-4-10-15(14,16)12-6-8-13(9-7-12)18(19)20/h6-9,11,14,17H,3-5,10H2,1-2H3/t14-,15-/m0/s1. The Hall–Kier alpha value is -1.54. The Bertz CT molecular complexity index is 675. The van der Waals surface area contributed by atoms with Gasteiger partial charge in [0.15, 0.2) is 5.67 Å². The Kier molecular flexibility index (Phi) is 5.05. The summed E-state index contributed by atoms with van der Waals surface area (Å²) in [5, 5.41) is 10.1. The zero-order valence-corrected chi connectivity index (χ0v) is 14.0. The Labute approximate surface area is 135 Å². The molecule has 1 fully saturated rings. The fraction of sp³-hybridized carbons (Fsp3) is 0.600. The molecule has 2 rings (SSSR count). The van der Waals surface area contributed by atoms with Crippen molar-refractivity contribution in [1.82, 2.24) is 4.72 Å². The van der Waals surface area contributed by atoms with Gasteiger partial charge in [-0.15, -0.1) is 0 Å². The minimum Gasteiger partial charge on any atom is -0.258 e. The van der Waals surface area contributed by atoms with Gasteiger partial charge in [-0.2, -0.15) is 0 Å². The molecular formula is C15H21FN2O4S. The molecule has 0 bridgehead atoms. The number of hydrogen-bond acceptors (Lipinski definition) is 4. The molecule has 0 aromatic heterocycles. The van der Waals surface area contributed by atoms with Crippen molar-refractivity contribution in [2.45, 2.75) is 56.5 Å². The molecule has 1 aliphatic carbocycles. The van der Waals surface area contributed by atoms with Crippen molar-refractivity contribution in [3.8, 4) is 0 Å². The quantitative estimate of drug-likeness (QED) is 0.657. The van der Waals surface area contributed by atoms with Gasteiger partial charge in [0.2, 0.25) is 10.0 Å². The predicted octanol–water partition coefficient (Wildman–Crippen LogP) is 3.03. The molecule has 128 valence electrons. The second-order valence-electron chi connectivity index (χ2n) is 6.18. The lowest BCUT2D eigenvalue weighted by molar-refractivity contribution is -0.384. The van der Waals surface area contributed by atoms with Crippen LogP contribution in [0.5, 0.6) is 0 Å². The molecule has 1 N–H and O–H groups in total. The third-order valence-electron chi connectivity index (χ3n) is 4.32. The smallest absolute Gasteiger partial charge is 0.258 e. The van der Waals surface area contributed by atoms with Gasteiger partial charge in [-0.1, -0.05) is 6.42 Å². The summed E-state index contributed by atoms with van der Waals surface area (Å²) < 4.78 is 42.3. The highest BCUT2D eigenvalue weighted by Gasteiger charge is 2.44. The first-order valence-corrected chi connectivity index (χ1v) is 9.16. The number of hydrogen-bond donors (Lipinski definition) is 1. The van der Waals surface area contributed by atoms with E-state index in [0.717, 1.165) is 6.42 Å². The molecule has 0 saturated heterocycles. The molecule has 0 unspecified atom stereocenters. The largest absolute Gasteiger partial charge is 0.269 e. The SMILES string of the molecule is CC(C)S(=O)(=O)N[C@H]1CCCC[C@]1(F)c1ccc([N+](=O)[O-])cc1. The summed E-state index contributed by atoms with van der Waals surface area (Å²) >= 11 is 0. The van der Waals surface area contributed by atoms with Crippen LogP contribution in [0.3, 0.4) is 0 Å². The topological polar surface area (TPSA) is 89.3 Å². The molecule has 2 atom stereocenters. The van der Waals surface area contributed by atoms with Crippen LogP contribution in [-0.4, -0.2) is 24.6 Å². The van der Waals surface area contributed by atoms with Crippen molar-refractivity contribution in [2.75, 3.05) is 0 Å². The summed E-state index contributed by atoms with van der Waals surface area (Å²) in [4.78, 5) is 10.2. The lowest BCUT2D eigenvalue weighted by Crippen LogP contribution is -2.51. The van der Waals surface area contributed by atoms with Crippen LogP contribution in [0.2, 0.25) is 0 Å². The molecule has 0 heterocycles. The number of nitrogens with zero attached hydrogens (tertiary/aromatic N) is 1. The molecule has 8 heteroatoms. The number of rotatable bonds is 5. The molecule has 0 radical (unpaired) electrons. The Morgan fingerprint density at radius 1 is 1.30 bits per heavy atom. The molecule has 0 amide bonds. The van der Waals surface area contributed by atoms with Crippen LogP contribution in [0.1, 0.15) is 45.1 Å². The van der Waals surface area contributed by atoms with Gasteiger partial charge in [-0.3, -0.25) is 10.1 Å². The molecule has 0 aliphatic heterocycles. The molecule has 1 aliphatic rings. The average Bonchev–Trinajstić information content (AvgIpc) is 2.49. The van der Waals surface area contributed by atoms with E-state index in [1.807, 2.05) is 0 Å². The van der Waals surface area contributed by atoms with Crippen molar-refractivity contribution >= 4 is 15.7 Å². The predicted molar refractivity (Wildman–Crippen MR) is 85.3 cm³/mol. The fourth-order valence-electron chi connectivity index (χ4n) is 2.83. The van der Waals surface area contributed by atoms with Crippen LogP contribution in [0.15, 0.2) is 24.3 Å². The van der Waals surface area contributed by atoms with Gasteiger partial charge in [0.05, 0.1) is 16.2 Å². The highest BCUT2D eigenvalue weighted by molar-refractivity contribution is 7.90. The van der Waals surface area contributed by atoms with Crippen LogP contribution in [0.25, 0.3) is 0 Å². The van der Waals surface area contributed by atoms with Gasteiger partial charge in [-0.05, 0) is 50.8 Å². The second-order valence-corrected chi connectivity index (χ2v) is 8.44. The van der Waals surface area contributed by atoms with E-state index in [9.17, 15) is 18.5 Å². The number of nitro benzene ring substituents is 1. The van der Waals surface area contributed by atoms with Crippen LogP contribution in [0, 0.1) is 10.1 Å². The van der Waals surface area contributed by atoms with Crippen LogP contribution < -0.4 is 4.72 Å². The lowest BCUT2D eigenvalue weighted by atomic mass is 9.77. The summed E-state index contributed by atoms with van der Waals surface area (Å²) in [5.74, 6) is 0. The number of non-ortho nitro benzene ring substituents is 1. The van der Waals surface area contributed by atoms with Crippen molar-refractivity contribution in [1.29, 1.82) is 0 Å². The number of nitro groups is 1. The van der Waals surface area contributed by atoms with E-state index in [0.29, 0.717) is 12.8 Å². The molecular weight excluding hydrogens is 323 g/mol. The number of alkyl halides is 1. The molecule has 0 spiro atoms. The molecule has 1 aromatic carbocycles. The summed E-state index contributed by atoms with van der Waals surface area (Å²) in [7, 11) is -3.60. The zero-order chi connectivity index (χ0) is 17.3. The third-order valence-corrected chi connectivity index (χ3v) is 6.18. The van der Waals surface area contributed by atoms with Gasteiger partial charge < -0.3 is 0 Å².